The van der Waals surface area contributed by atoms with Gasteiger partial charge in [0.15, 0.2) is 5.78 Å². The van der Waals surface area contributed by atoms with Crippen molar-refractivity contribution in [2.75, 3.05) is 12.9 Å². The van der Waals surface area contributed by atoms with Crippen LogP contribution in [0.4, 0.5) is 0 Å². The van der Waals surface area contributed by atoms with E-state index in [0.29, 0.717) is 11.7 Å². The molecule has 0 spiro atoms. The zero-order valence-electron chi connectivity index (χ0n) is 13.1. The number of thioether (sulfide) groups is 1. The molecule has 0 bridgehead atoms. The number of methoxy groups -OCH3 is 1. The van der Waals surface area contributed by atoms with Gasteiger partial charge in [-0.3, -0.25) is 9.59 Å². The van der Waals surface area contributed by atoms with Crippen LogP contribution in [0.25, 0.3) is 0 Å². The third-order valence-electron chi connectivity index (χ3n) is 5.02. The van der Waals surface area contributed by atoms with Gasteiger partial charge in [-0.1, -0.05) is 18.9 Å². The summed E-state index contributed by atoms with van der Waals surface area (Å²) in [5, 5.41) is 0. The molecule has 0 amide bonds. The van der Waals surface area contributed by atoms with Gasteiger partial charge in [0, 0.05) is 22.1 Å². The number of rotatable bonds is 2. The lowest BCUT2D eigenvalue weighted by Gasteiger charge is -2.28. The number of fused-ring (bicyclic) bond motifs is 2. The summed E-state index contributed by atoms with van der Waals surface area (Å²) in [4.78, 5) is 25.6. The molecule has 0 aromatic heterocycles. The van der Waals surface area contributed by atoms with E-state index in [9.17, 15) is 9.59 Å². The highest BCUT2D eigenvalue weighted by Crippen LogP contribution is 2.42. The summed E-state index contributed by atoms with van der Waals surface area (Å²) < 4.78 is 4.82. The van der Waals surface area contributed by atoms with Gasteiger partial charge in [-0.15, -0.1) is 11.8 Å². The second-order valence-electron chi connectivity index (χ2n) is 6.33. The van der Waals surface area contributed by atoms with Crippen LogP contribution in [0.2, 0.25) is 0 Å². The van der Waals surface area contributed by atoms with Crippen molar-refractivity contribution < 1.29 is 14.3 Å². The standard InChI is InChI=1S/C18H22O3S/c1-11(18(20)21-2)12-7-8-15-16(9-12)22-10-13-5-3-4-6-14(13)17(15)19/h7-9,11,13-14H,3-6,10H2,1-2H3/t11?,13-,14+/m0/s1. The Morgan fingerprint density at radius 1 is 1.32 bits per heavy atom. The zero-order chi connectivity index (χ0) is 15.7. The Kier molecular flexibility index (Phi) is 4.57. The van der Waals surface area contributed by atoms with Crippen molar-refractivity contribution in [1.29, 1.82) is 0 Å². The highest BCUT2D eigenvalue weighted by atomic mass is 32.2. The molecule has 4 heteroatoms. The quantitative estimate of drug-likeness (QED) is 0.771. The SMILES string of the molecule is COC(=O)C(C)c1ccc2c(c1)SC[C@@H]1CCCC[C@H]1C2=O. The van der Waals surface area contributed by atoms with Crippen molar-refractivity contribution in [1.82, 2.24) is 0 Å². The van der Waals surface area contributed by atoms with Crippen molar-refractivity contribution in [3.05, 3.63) is 29.3 Å². The van der Waals surface area contributed by atoms with Gasteiger partial charge in [0.05, 0.1) is 13.0 Å². The number of ketones is 1. The van der Waals surface area contributed by atoms with Gasteiger partial charge in [-0.05, 0) is 43.4 Å². The first-order chi connectivity index (χ1) is 10.6. The van der Waals surface area contributed by atoms with Crippen LogP contribution in [0, 0.1) is 11.8 Å². The number of benzene rings is 1. The van der Waals surface area contributed by atoms with Crippen LogP contribution in [0.5, 0.6) is 0 Å². The summed E-state index contributed by atoms with van der Waals surface area (Å²) in [5.41, 5.74) is 1.77. The van der Waals surface area contributed by atoms with Crippen molar-refractivity contribution in [3.63, 3.8) is 0 Å². The van der Waals surface area contributed by atoms with Gasteiger partial charge in [0.2, 0.25) is 0 Å². The minimum absolute atomic E-state index is 0.200. The van der Waals surface area contributed by atoms with E-state index < -0.39 is 0 Å². The van der Waals surface area contributed by atoms with E-state index in [1.54, 1.807) is 11.8 Å². The highest BCUT2D eigenvalue weighted by Gasteiger charge is 2.35. The predicted octanol–water partition coefficient (Wildman–Crippen LogP) is 4.06. The van der Waals surface area contributed by atoms with Crippen LogP contribution in [0.15, 0.2) is 23.1 Å². The first kappa shape index (κ1) is 15.6. The molecule has 22 heavy (non-hydrogen) atoms. The average Bonchev–Trinajstić information content (AvgIpc) is 2.71. The van der Waals surface area contributed by atoms with E-state index in [2.05, 4.69) is 0 Å². The fourth-order valence-electron chi connectivity index (χ4n) is 3.59. The van der Waals surface area contributed by atoms with Crippen LogP contribution in [0.1, 0.15) is 54.4 Å². The molecule has 0 N–H and O–H groups in total. The maximum atomic E-state index is 12.8. The third-order valence-corrected chi connectivity index (χ3v) is 6.27. The highest BCUT2D eigenvalue weighted by molar-refractivity contribution is 7.99. The lowest BCUT2D eigenvalue weighted by Crippen LogP contribution is -2.27. The fourth-order valence-corrected chi connectivity index (χ4v) is 4.93. The Balaban J connectivity index is 1.92. The third kappa shape index (κ3) is 2.81. The number of hydrogen-bond donors (Lipinski definition) is 0. The molecular weight excluding hydrogens is 296 g/mol. The molecule has 1 heterocycles. The number of esters is 1. The Morgan fingerprint density at radius 3 is 2.86 bits per heavy atom. The van der Waals surface area contributed by atoms with Gasteiger partial charge in [-0.2, -0.15) is 0 Å². The molecule has 1 aromatic rings. The largest absolute Gasteiger partial charge is 0.469 e. The molecule has 3 atom stereocenters. The molecule has 118 valence electrons. The van der Waals surface area contributed by atoms with E-state index in [1.807, 2.05) is 25.1 Å². The molecule has 1 fully saturated rings. The molecule has 1 saturated carbocycles. The Morgan fingerprint density at radius 2 is 2.09 bits per heavy atom. The summed E-state index contributed by atoms with van der Waals surface area (Å²) in [6.45, 7) is 1.84. The normalized spacial score (nSPS) is 25.6. The second kappa shape index (κ2) is 6.45. The van der Waals surface area contributed by atoms with Gasteiger partial charge < -0.3 is 4.74 Å². The monoisotopic (exact) mass is 318 g/mol. The first-order valence-corrected chi connectivity index (χ1v) is 8.99. The maximum absolute atomic E-state index is 12.8. The Labute approximate surface area is 135 Å². The second-order valence-corrected chi connectivity index (χ2v) is 7.39. The molecule has 0 saturated heterocycles. The minimum Gasteiger partial charge on any atom is -0.469 e. The summed E-state index contributed by atoms with van der Waals surface area (Å²) in [7, 11) is 1.41. The summed E-state index contributed by atoms with van der Waals surface area (Å²) in [6, 6.07) is 5.83. The number of carbonyl (C=O) groups is 2. The van der Waals surface area contributed by atoms with Gasteiger partial charge >= 0.3 is 5.97 Å². The molecule has 3 rings (SSSR count). The van der Waals surface area contributed by atoms with Crippen molar-refractivity contribution in [2.45, 2.75) is 43.4 Å². The van der Waals surface area contributed by atoms with E-state index in [1.165, 1.54) is 26.4 Å². The average molecular weight is 318 g/mol. The molecular formula is C18H22O3S. The smallest absolute Gasteiger partial charge is 0.312 e. The van der Waals surface area contributed by atoms with Crippen LogP contribution >= 0.6 is 11.8 Å². The molecule has 3 nitrogen and oxygen atoms in total. The summed E-state index contributed by atoms with van der Waals surface area (Å²) >= 11 is 1.78. The lowest BCUT2D eigenvalue weighted by atomic mass is 9.76. The van der Waals surface area contributed by atoms with E-state index in [4.69, 9.17) is 4.74 Å². The summed E-state index contributed by atoms with van der Waals surface area (Å²) in [5.74, 6) is 1.50. The predicted molar refractivity (Wildman–Crippen MR) is 87.4 cm³/mol. The van der Waals surface area contributed by atoms with E-state index in [-0.39, 0.29) is 17.8 Å². The van der Waals surface area contributed by atoms with Crippen molar-refractivity contribution >= 4 is 23.5 Å². The zero-order valence-corrected chi connectivity index (χ0v) is 13.9. The topological polar surface area (TPSA) is 43.4 Å². The molecule has 1 unspecified atom stereocenters. The fraction of sp³-hybridized carbons (Fsp3) is 0.556. The molecule has 2 aliphatic rings. The van der Waals surface area contributed by atoms with Crippen LogP contribution < -0.4 is 0 Å². The Hall–Kier alpha value is -1.29. The molecule has 1 aromatic carbocycles. The van der Waals surface area contributed by atoms with Crippen molar-refractivity contribution in [3.8, 4) is 0 Å². The Bertz CT molecular complexity index is 596. The van der Waals surface area contributed by atoms with Gasteiger partial charge in [-0.25, -0.2) is 0 Å². The van der Waals surface area contributed by atoms with Crippen LogP contribution in [-0.2, 0) is 9.53 Å². The maximum Gasteiger partial charge on any atom is 0.312 e. The molecule has 0 radical (unpaired) electrons. The number of ether oxygens (including phenoxy) is 1. The first-order valence-electron chi connectivity index (χ1n) is 8.00. The molecule has 1 aliphatic carbocycles. The van der Waals surface area contributed by atoms with Crippen LogP contribution in [-0.4, -0.2) is 24.6 Å². The summed E-state index contributed by atoms with van der Waals surface area (Å²) in [6.07, 6.45) is 4.62. The van der Waals surface area contributed by atoms with Gasteiger partial charge in [0.1, 0.15) is 0 Å². The molecule has 1 aliphatic heterocycles. The van der Waals surface area contributed by atoms with Crippen LogP contribution in [0.3, 0.4) is 0 Å². The lowest BCUT2D eigenvalue weighted by molar-refractivity contribution is -0.141. The van der Waals surface area contributed by atoms with Gasteiger partial charge in [0.25, 0.3) is 0 Å². The minimum atomic E-state index is -0.295. The number of Topliss-reactive ketones (excluding diaryl/α,β-unsaturated/α-hetero) is 1. The number of hydrogen-bond acceptors (Lipinski definition) is 4. The van der Waals surface area contributed by atoms with E-state index >= 15 is 0 Å². The number of carbonyl (C=O) groups excluding carboxylic acids is 2. The van der Waals surface area contributed by atoms with Crippen molar-refractivity contribution in [2.24, 2.45) is 11.8 Å². The van der Waals surface area contributed by atoms with E-state index in [0.717, 1.165) is 28.2 Å².